The van der Waals surface area contributed by atoms with Crippen LogP contribution in [0.15, 0.2) is 6.20 Å². The number of nitrogens with one attached hydrogen (secondary N) is 1. The molecule has 0 radical (unpaired) electrons. The number of carbonyl (C=O) groups is 2. The number of carbonyl (C=O) groups excluding carboxylic acids is 1. The van der Waals surface area contributed by atoms with Crippen LogP contribution in [0, 0.1) is 0 Å². The molecule has 1 amide bonds. The van der Waals surface area contributed by atoms with Gasteiger partial charge in [-0.2, -0.15) is 0 Å². The summed E-state index contributed by atoms with van der Waals surface area (Å²) >= 11 is 5.97. The van der Waals surface area contributed by atoms with E-state index in [0.29, 0.717) is 18.8 Å². The number of rotatable bonds is 9. The smallest absolute Gasteiger partial charge is 0.303 e. The minimum atomic E-state index is -0.771. The summed E-state index contributed by atoms with van der Waals surface area (Å²) in [5, 5.41) is 11.5. The van der Waals surface area contributed by atoms with Crippen LogP contribution in [-0.2, 0) is 4.79 Å². The van der Waals surface area contributed by atoms with Crippen LogP contribution in [0.1, 0.15) is 68.2 Å². The highest BCUT2D eigenvalue weighted by Gasteiger charge is 2.14. The minimum absolute atomic E-state index is 0.123. The molecule has 22 heavy (non-hydrogen) atoms. The van der Waals surface area contributed by atoms with E-state index in [0.717, 1.165) is 19.3 Å². The van der Waals surface area contributed by atoms with Crippen molar-refractivity contribution in [2.75, 3.05) is 6.54 Å². The van der Waals surface area contributed by atoms with Crippen LogP contribution in [-0.4, -0.2) is 33.5 Å². The summed E-state index contributed by atoms with van der Waals surface area (Å²) < 4.78 is 0. The Hall–Kier alpha value is -1.69. The number of aromatic nitrogens is 2. The Morgan fingerprint density at radius 1 is 1.27 bits per heavy atom. The Labute approximate surface area is 135 Å². The van der Waals surface area contributed by atoms with Crippen molar-refractivity contribution < 1.29 is 14.7 Å². The van der Waals surface area contributed by atoms with Crippen LogP contribution < -0.4 is 5.32 Å². The molecule has 1 rings (SSSR count). The van der Waals surface area contributed by atoms with E-state index in [2.05, 4.69) is 15.3 Å². The second-order valence-electron chi connectivity index (χ2n) is 5.39. The molecule has 122 valence electrons. The van der Waals surface area contributed by atoms with Crippen molar-refractivity contribution in [2.45, 2.75) is 51.9 Å². The molecule has 2 N–H and O–H groups in total. The van der Waals surface area contributed by atoms with Gasteiger partial charge in [0.05, 0.1) is 11.2 Å². The van der Waals surface area contributed by atoms with Gasteiger partial charge in [-0.3, -0.25) is 9.59 Å². The number of hydrogen-bond donors (Lipinski definition) is 2. The third-order valence-electron chi connectivity index (χ3n) is 3.10. The Balaban J connectivity index is 2.36. The highest BCUT2D eigenvalue weighted by Crippen LogP contribution is 2.16. The molecule has 1 aromatic rings. The SMILES string of the molecule is CC(C)c1ncc(Cl)c(C(=O)NCCCCCCC(=O)O)n1. The number of aliphatic carboxylic acids is 1. The van der Waals surface area contributed by atoms with Gasteiger partial charge in [0.25, 0.3) is 5.91 Å². The molecule has 0 aliphatic rings. The zero-order valence-electron chi connectivity index (χ0n) is 12.9. The molecule has 0 aromatic carbocycles. The van der Waals surface area contributed by atoms with Crippen LogP contribution in [0.4, 0.5) is 0 Å². The number of unbranched alkanes of at least 4 members (excludes halogenated alkanes) is 3. The van der Waals surface area contributed by atoms with E-state index in [-0.39, 0.29) is 29.0 Å². The minimum Gasteiger partial charge on any atom is -0.481 e. The summed E-state index contributed by atoms with van der Waals surface area (Å²) in [6.07, 6.45) is 4.83. The first-order valence-corrected chi connectivity index (χ1v) is 7.82. The summed E-state index contributed by atoms with van der Waals surface area (Å²) in [5.74, 6) is -0.367. The maximum Gasteiger partial charge on any atom is 0.303 e. The van der Waals surface area contributed by atoms with Crippen molar-refractivity contribution in [1.29, 1.82) is 0 Å². The predicted molar refractivity (Wildman–Crippen MR) is 84.2 cm³/mol. The zero-order chi connectivity index (χ0) is 16.5. The molecule has 0 aliphatic heterocycles. The molecule has 0 saturated heterocycles. The number of halogens is 1. The van der Waals surface area contributed by atoms with Gasteiger partial charge in [0.1, 0.15) is 11.5 Å². The molecule has 6 nitrogen and oxygen atoms in total. The largest absolute Gasteiger partial charge is 0.481 e. The first kappa shape index (κ1) is 18.4. The first-order valence-electron chi connectivity index (χ1n) is 7.44. The van der Waals surface area contributed by atoms with Crippen molar-refractivity contribution >= 4 is 23.5 Å². The molecule has 0 aliphatic carbocycles. The summed E-state index contributed by atoms with van der Waals surface area (Å²) in [7, 11) is 0. The van der Waals surface area contributed by atoms with Crippen LogP contribution in [0.3, 0.4) is 0 Å². The fourth-order valence-corrected chi connectivity index (χ4v) is 2.04. The first-order chi connectivity index (χ1) is 10.4. The quantitative estimate of drug-likeness (QED) is 0.680. The van der Waals surface area contributed by atoms with Gasteiger partial charge in [0.2, 0.25) is 0 Å². The van der Waals surface area contributed by atoms with Crippen LogP contribution in [0.25, 0.3) is 0 Å². The molecule has 0 bridgehead atoms. The lowest BCUT2D eigenvalue weighted by molar-refractivity contribution is -0.137. The fraction of sp³-hybridized carbons (Fsp3) is 0.600. The van der Waals surface area contributed by atoms with Crippen LogP contribution in [0.5, 0.6) is 0 Å². The molecule has 7 heteroatoms. The maximum atomic E-state index is 12.1. The van der Waals surface area contributed by atoms with E-state index >= 15 is 0 Å². The number of carboxylic acids is 1. The monoisotopic (exact) mass is 327 g/mol. The van der Waals surface area contributed by atoms with Gasteiger partial charge in [-0.15, -0.1) is 0 Å². The number of amides is 1. The molecule has 1 heterocycles. The van der Waals surface area contributed by atoms with Gasteiger partial charge in [-0.05, 0) is 12.8 Å². The van der Waals surface area contributed by atoms with Gasteiger partial charge in [0, 0.05) is 18.9 Å². The molecular weight excluding hydrogens is 306 g/mol. The van der Waals surface area contributed by atoms with E-state index in [1.165, 1.54) is 6.20 Å². The molecule has 0 spiro atoms. The van der Waals surface area contributed by atoms with Crippen LogP contribution >= 0.6 is 11.6 Å². The Morgan fingerprint density at radius 2 is 1.95 bits per heavy atom. The van der Waals surface area contributed by atoms with Crippen molar-refractivity contribution in [1.82, 2.24) is 15.3 Å². The molecule has 1 aromatic heterocycles. The average Bonchev–Trinajstić information content (AvgIpc) is 2.45. The van der Waals surface area contributed by atoms with Crippen LogP contribution in [0.2, 0.25) is 5.02 Å². The number of nitrogens with zero attached hydrogens (tertiary/aromatic N) is 2. The van der Waals surface area contributed by atoms with Gasteiger partial charge in [-0.1, -0.05) is 38.3 Å². The summed E-state index contributed by atoms with van der Waals surface area (Å²) in [6.45, 7) is 4.41. The lowest BCUT2D eigenvalue weighted by atomic mass is 10.1. The number of carboxylic acid groups (broad SMARTS) is 1. The lowest BCUT2D eigenvalue weighted by Crippen LogP contribution is -2.26. The predicted octanol–water partition coefficient (Wildman–Crippen LogP) is 3.02. The molecular formula is C15H22ClN3O3. The van der Waals surface area contributed by atoms with Crippen molar-refractivity contribution in [3.05, 3.63) is 22.7 Å². The Morgan fingerprint density at radius 3 is 2.59 bits per heavy atom. The third kappa shape index (κ3) is 6.39. The van der Waals surface area contributed by atoms with E-state index in [4.69, 9.17) is 16.7 Å². The zero-order valence-corrected chi connectivity index (χ0v) is 13.7. The molecule has 0 fully saturated rings. The Kier molecular flexibility index (Phi) is 7.80. The van der Waals surface area contributed by atoms with E-state index in [9.17, 15) is 9.59 Å². The second-order valence-corrected chi connectivity index (χ2v) is 5.80. The van der Waals surface area contributed by atoms with E-state index < -0.39 is 5.97 Å². The number of hydrogen-bond acceptors (Lipinski definition) is 4. The fourth-order valence-electron chi connectivity index (χ4n) is 1.86. The van der Waals surface area contributed by atoms with Gasteiger partial charge in [-0.25, -0.2) is 9.97 Å². The van der Waals surface area contributed by atoms with E-state index in [1.807, 2.05) is 13.8 Å². The third-order valence-corrected chi connectivity index (χ3v) is 3.37. The highest BCUT2D eigenvalue weighted by molar-refractivity contribution is 6.33. The Bertz CT molecular complexity index is 521. The van der Waals surface area contributed by atoms with Gasteiger partial charge >= 0.3 is 5.97 Å². The second kappa shape index (κ2) is 9.35. The molecule has 0 atom stereocenters. The summed E-state index contributed by atoms with van der Waals surface area (Å²) in [4.78, 5) is 30.7. The normalized spacial score (nSPS) is 10.7. The highest BCUT2D eigenvalue weighted by atomic mass is 35.5. The van der Waals surface area contributed by atoms with Gasteiger partial charge < -0.3 is 10.4 Å². The topological polar surface area (TPSA) is 92.2 Å². The van der Waals surface area contributed by atoms with Crippen molar-refractivity contribution in [3.8, 4) is 0 Å². The van der Waals surface area contributed by atoms with Crippen molar-refractivity contribution in [2.24, 2.45) is 0 Å². The molecule has 0 unspecified atom stereocenters. The summed E-state index contributed by atoms with van der Waals surface area (Å²) in [5.41, 5.74) is 0.200. The maximum absolute atomic E-state index is 12.1. The van der Waals surface area contributed by atoms with Gasteiger partial charge in [0.15, 0.2) is 0 Å². The standard InChI is InChI=1S/C15H22ClN3O3/c1-10(2)14-18-9-11(16)13(19-14)15(22)17-8-6-4-3-5-7-12(20)21/h9-10H,3-8H2,1-2H3,(H,17,22)(H,20,21). The molecule has 0 saturated carbocycles. The van der Waals surface area contributed by atoms with E-state index in [1.54, 1.807) is 0 Å². The summed E-state index contributed by atoms with van der Waals surface area (Å²) in [6, 6.07) is 0. The average molecular weight is 328 g/mol. The lowest BCUT2D eigenvalue weighted by Gasteiger charge is -2.09. The van der Waals surface area contributed by atoms with Crippen molar-refractivity contribution in [3.63, 3.8) is 0 Å².